The van der Waals surface area contributed by atoms with Crippen molar-refractivity contribution in [2.24, 2.45) is 7.05 Å². The van der Waals surface area contributed by atoms with E-state index in [2.05, 4.69) is 107 Å². The zero-order valence-electron chi connectivity index (χ0n) is 16.9. The molecule has 28 heavy (non-hydrogen) atoms. The molecule has 0 saturated carbocycles. The number of hydrogen-bond acceptors (Lipinski definition) is 0. The number of fused-ring (bicyclic) bond motifs is 1. The fourth-order valence-electron chi connectivity index (χ4n) is 3.80. The van der Waals surface area contributed by atoms with Crippen LogP contribution >= 0.6 is 0 Å². The quantitative estimate of drug-likeness (QED) is 0.322. The van der Waals surface area contributed by atoms with E-state index in [-0.39, 0.29) is 0 Å². The number of aryl methyl sites for hydroxylation is 2. The van der Waals surface area contributed by atoms with Gasteiger partial charge < -0.3 is 0 Å². The third-order valence-corrected chi connectivity index (χ3v) is 5.49. The third kappa shape index (κ3) is 3.84. The average Bonchev–Trinajstić information content (AvgIpc) is 3.08. The lowest BCUT2D eigenvalue weighted by molar-refractivity contribution is -0.697. The van der Waals surface area contributed by atoms with Crippen LogP contribution in [0.3, 0.4) is 0 Å². The van der Waals surface area contributed by atoms with Crippen LogP contribution in [-0.2, 0) is 13.6 Å². The van der Waals surface area contributed by atoms with Gasteiger partial charge in [-0.1, -0.05) is 50.1 Å². The maximum Gasteiger partial charge on any atom is 0.287 e. The SMILES string of the molecule is CCCCCC[n+]1ccc(-c2cc[n+]3cc(-c4ccccc4)n(C)c3c2)cc1. The van der Waals surface area contributed by atoms with Crippen LogP contribution in [0.4, 0.5) is 0 Å². The van der Waals surface area contributed by atoms with Crippen LogP contribution in [0, 0.1) is 0 Å². The van der Waals surface area contributed by atoms with Crippen molar-refractivity contribution in [3.8, 4) is 22.4 Å². The highest BCUT2D eigenvalue weighted by Crippen LogP contribution is 2.22. The Balaban J connectivity index is 1.58. The van der Waals surface area contributed by atoms with E-state index in [0.717, 1.165) is 6.54 Å². The summed E-state index contributed by atoms with van der Waals surface area (Å²) in [5.41, 5.74) is 6.15. The van der Waals surface area contributed by atoms with Gasteiger partial charge in [0.15, 0.2) is 18.1 Å². The van der Waals surface area contributed by atoms with Crippen molar-refractivity contribution in [2.45, 2.75) is 39.2 Å². The Kier molecular flexibility index (Phi) is 5.52. The minimum atomic E-state index is 1.10. The first-order chi connectivity index (χ1) is 13.8. The molecule has 4 aromatic rings. The highest BCUT2D eigenvalue weighted by atomic mass is 15.1. The third-order valence-electron chi connectivity index (χ3n) is 5.49. The van der Waals surface area contributed by atoms with Gasteiger partial charge in [-0.05, 0) is 23.6 Å². The van der Waals surface area contributed by atoms with Crippen molar-refractivity contribution in [3.05, 3.63) is 79.4 Å². The lowest BCUT2D eigenvalue weighted by Gasteiger charge is -2.01. The van der Waals surface area contributed by atoms with E-state index < -0.39 is 0 Å². The first-order valence-electron chi connectivity index (χ1n) is 10.3. The summed E-state index contributed by atoms with van der Waals surface area (Å²) < 4.78 is 6.75. The highest BCUT2D eigenvalue weighted by molar-refractivity contribution is 5.67. The molecular formula is C25H29N3+2. The average molecular weight is 372 g/mol. The molecular weight excluding hydrogens is 342 g/mol. The minimum absolute atomic E-state index is 1.10. The van der Waals surface area contributed by atoms with Crippen LogP contribution < -0.4 is 8.97 Å². The summed E-state index contributed by atoms with van der Waals surface area (Å²) in [6, 6.07) is 19.5. The van der Waals surface area contributed by atoms with E-state index in [9.17, 15) is 0 Å². The number of imidazole rings is 1. The minimum Gasteiger partial charge on any atom is -0.226 e. The number of unbranched alkanes of at least 4 members (excludes halogenated alkanes) is 3. The largest absolute Gasteiger partial charge is 0.287 e. The molecule has 0 atom stereocenters. The first kappa shape index (κ1) is 18.4. The van der Waals surface area contributed by atoms with Crippen LogP contribution in [0.5, 0.6) is 0 Å². The van der Waals surface area contributed by atoms with Gasteiger partial charge in [-0.2, -0.15) is 0 Å². The van der Waals surface area contributed by atoms with E-state index >= 15 is 0 Å². The zero-order chi connectivity index (χ0) is 19.3. The Hall–Kier alpha value is -2.94. The summed E-state index contributed by atoms with van der Waals surface area (Å²) >= 11 is 0. The fraction of sp³-hybridized carbons (Fsp3) is 0.280. The lowest BCUT2D eigenvalue weighted by Crippen LogP contribution is -2.32. The molecule has 3 heterocycles. The van der Waals surface area contributed by atoms with Gasteiger partial charge in [0, 0.05) is 30.2 Å². The second kappa shape index (κ2) is 8.39. The van der Waals surface area contributed by atoms with E-state index in [0.29, 0.717) is 0 Å². The molecule has 0 unspecified atom stereocenters. The number of benzene rings is 1. The molecule has 0 saturated heterocycles. The molecule has 4 rings (SSSR count). The molecule has 0 spiro atoms. The smallest absolute Gasteiger partial charge is 0.226 e. The molecule has 0 fully saturated rings. The normalized spacial score (nSPS) is 11.2. The van der Waals surface area contributed by atoms with Gasteiger partial charge in [-0.15, -0.1) is 0 Å². The summed E-state index contributed by atoms with van der Waals surface area (Å²) in [5.74, 6) is 0. The van der Waals surface area contributed by atoms with Crippen molar-refractivity contribution in [1.29, 1.82) is 0 Å². The van der Waals surface area contributed by atoms with Crippen LogP contribution in [0.15, 0.2) is 79.4 Å². The lowest BCUT2D eigenvalue weighted by atomic mass is 10.1. The number of pyridine rings is 2. The van der Waals surface area contributed by atoms with Crippen molar-refractivity contribution >= 4 is 5.65 Å². The van der Waals surface area contributed by atoms with E-state index in [4.69, 9.17) is 0 Å². The van der Waals surface area contributed by atoms with Gasteiger partial charge in [0.1, 0.15) is 12.7 Å². The van der Waals surface area contributed by atoms with Crippen molar-refractivity contribution in [1.82, 2.24) is 4.57 Å². The number of nitrogens with zero attached hydrogens (tertiary/aromatic N) is 3. The van der Waals surface area contributed by atoms with Crippen molar-refractivity contribution < 1.29 is 8.97 Å². The van der Waals surface area contributed by atoms with Crippen molar-refractivity contribution in [2.75, 3.05) is 0 Å². The molecule has 0 aliphatic carbocycles. The zero-order valence-corrected chi connectivity index (χ0v) is 16.9. The summed E-state index contributed by atoms with van der Waals surface area (Å²) in [6.07, 6.45) is 14.0. The molecule has 142 valence electrons. The second-order valence-corrected chi connectivity index (χ2v) is 7.51. The summed E-state index contributed by atoms with van der Waals surface area (Å²) in [4.78, 5) is 0. The predicted octanol–water partition coefficient (Wildman–Crippen LogP) is 4.97. The van der Waals surface area contributed by atoms with Gasteiger partial charge in [0.05, 0.1) is 13.2 Å². The fourth-order valence-corrected chi connectivity index (χ4v) is 3.80. The van der Waals surface area contributed by atoms with E-state index in [1.54, 1.807) is 0 Å². The Bertz CT molecular complexity index is 1050. The number of hydrogen-bond donors (Lipinski definition) is 0. The molecule has 3 nitrogen and oxygen atoms in total. The van der Waals surface area contributed by atoms with Crippen LogP contribution in [0.25, 0.3) is 28.0 Å². The molecule has 0 aliphatic heterocycles. The van der Waals surface area contributed by atoms with Gasteiger partial charge in [0.2, 0.25) is 0 Å². The predicted molar refractivity (Wildman–Crippen MR) is 114 cm³/mol. The Labute approximate surface area is 167 Å². The summed E-state index contributed by atoms with van der Waals surface area (Å²) in [7, 11) is 2.14. The molecule has 1 aromatic carbocycles. The number of rotatable bonds is 7. The Morgan fingerprint density at radius 2 is 1.54 bits per heavy atom. The van der Waals surface area contributed by atoms with E-state index in [1.807, 2.05) is 0 Å². The van der Waals surface area contributed by atoms with Crippen LogP contribution in [0.2, 0.25) is 0 Å². The topological polar surface area (TPSA) is 12.9 Å². The maximum atomic E-state index is 2.29. The van der Waals surface area contributed by atoms with Crippen molar-refractivity contribution in [3.63, 3.8) is 0 Å². The number of aromatic nitrogens is 3. The van der Waals surface area contributed by atoms with Gasteiger partial charge in [0.25, 0.3) is 5.65 Å². The van der Waals surface area contributed by atoms with E-state index in [1.165, 1.54) is 53.7 Å². The molecule has 0 aliphatic rings. The molecule has 3 aromatic heterocycles. The Morgan fingerprint density at radius 3 is 2.29 bits per heavy atom. The molecule has 0 amide bonds. The molecule has 0 bridgehead atoms. The monoisotopic (exact) mass is 371 g/mol. The van der Waals surface area contributed by atoms with Gasteiger partial charge >= 0.3 is 0 Å². The standard InChI is InChI=1S/C25H29N3/c1-3-4-5-9-15-27-16-12-21(13-17-27)23-14-18-28-20-24(26(2)25(28)19-23)22-10-7-6-8-11-22/h6-8,10-14,16-20H,3-5,9,15H2,1-2H3/q+2. The molecule has 0 N–H and O–H groups in total. The summed E-state index contributed by atoms with van der Waals surface area (Å²) in [6.45, 7) is 3.36. The molecule has 0 radical (unpaired) electrons. The maximum absolute atomic E-state index is 2.29. The second-order valence-electron chi connectivity index (χ2n) is 7.51. The van der Waals surface area contributed by atoms with Crippen LogP contribution in [0.1, 0.15) is 32.6 Å². The highest BCUT2D eigenvalue weighted by Gasteiger charge is 2.16. The summed E-state index contributed by atoms with van der Waals surface area (Å²) in [5, 5.41) is 0. The molecule has 3 heteroatoms. The van der Waals surface area contributed by atoms with Crippen LogP contribution in [-0.4, -0.2) is 4.57 Å². The van der Waals surface area contributed by atoms with Gasteiger partial charge in [-0.25, -0.2) is 13.5 Å². The first-order valence-corrected chi connectivity index (χ1v) is 10.3. The Morgan fingerprint density at radius 1 is 0.786 bits per heavy atom. The van der Waals surface area contributed by atoms with Gasteiger partial charge in [-0.3, -0.25) is 0 Å².